The summed E-state index contributed by atoms with van der Waals surface area (Å²) in [4.78, 5) is 16.2. The van der Waals surface area contributed by atoms with E-state index in [-0.39, 0.29) is 0 Å². The standard InChI is InChI=1S/C18H14N2O2/c1-2-11-10-20-8-7-13-12-5-3-4-6-15(12)19-17(13)16(20)9-14(11)18(21)22/h3-10H,2H2,1H3,(H,21,22). The number of hydrogen-bond acceptors (Lipinski definition) is 2. The molecule has 2 aromatic rings. The number of aromatic carboxylic acids is 1. The topological polar surface area (TPSA) is 54.6 Å². The van der Waals surface area contributed by atoms with Gasteiger partial charge >= 0.3 is 5.97 Å². The number of nitrogens with zero attached hydrogens (tertiary/aromatic N) is 2. The van der Waals surface area contributed by atoms with E-state index in [9.17, 15) is 9.90 Å². The first-order chi connectivity index (χ1) is 10.7. The summed E-state index contributed by atoms with van der Waals surface area (Å²) in [5.74, 6) is -0.896. The molecule has 1 N–H and O–H groups in total. The smallest absolute Gasteiger partial charge is 0.336 e. The highest BCUT2D eigenvalue weighted by molar-refractivity contribution is 6.02. The highest BCUT2D eigenvalue weighted by Gasteiger charge is 2.17. The normalized spacial score (nSPS) is 11.5. The minimum absolute atomic E-state index is 0.349. The summed E-state index contributed by atoms with van der Waals surface area (Å²) in [5.41, 5.74) is 4.82. The summed E-state index contributed by atoms with van der Waals surface area (Å²) in [5, 5.41) is 10.5. The van der Waals surface area contributed by atoms with Crippen LogP contribution in [0.25, 0.3) is 27.7 Å². The van der Waals surface area contributed by atoms with Gasteiger partial charge in [0.15, 0.2) is 0 Å². The van der Waals surface area contributed by atoms with E-state index in [1.165, 1.54) is 0 Å². The maximum atomic E-state index is 11.5. The zero-order valence-corrected chi connectivity index (χ0v) is 12.1. The van der Waals surface area contributed by atoms with E-state index in [1.54, 1.807) is 6.07 Å². The van der Waals surface area contributed by atoms with E-state index in [1.807, 2.05) is 54.0 Å². The Hall–Kier alpha value is -2.88. The van der Waals surface area contributed by atoms with Crippen molar-refractivity contribution in [1.29, 1.82) is 0 Å². The van der Waals surface area contributed by atoms with Crippen LogP contribution in [0.1, 0.15) is 22.8 Å². The first-order valence-electron chi connectivity index (χ1n) is 7.24. The summed E-state index contributed by atoms with van der Waals surface area (Å²) in [6.07, 6.45) is 4.53. The minimum Gasteiger partial charge on any atom is -0.478 e. The summed E-state index contributed by atoms with van der Waals surface area (Å²) in [6, 6.07) is 11.7. The van der Waals surface area contributed by atoms with Crippen molar-refractivity contribution in [3.05, 3.63) is 59.9 Å². The van der Waals surface area contributed by atoms with Crippen molar-refractivity contribution in [1.82, 2.24) is 9.38 Å². The van der Waals surface area contributed by atoms with Gasteiger partial charge < -0.3 is 9.51 Å². The molecule has 0 bridgehead atoms. The molecule has 0 atom stereocenters. The van der Waals surface area contributed by atoms with Crippen molar-refractivity contribution in [2.24, 2.45) is 0 Å². The number of para-hydroxylation sites is 1. The minimum atomic E-state index is -0.896. The lowest BCUT2D eigenvalue weighted by atomic mass is 10.0. The Morgan fingerprint density at radius 3 is 2.86 bits per heavy atom. The molecular formula is C18H14N2O2. The molecule has 3 heterocycles. The Bertz CT molecular complexity index is 1000. The number of aromatic nitrogens is 2. The molecule has 2 aliphatic rings. The third-order valence-corrected chi connectivity index (χ3v) is 4.14. The number of pyridine rings is 2. The van der Waals surface area contributed by atoms with E-state index in [0.29, 0.717) is 12.0 Å². The monoisotopic (exact) mass is 290 g/mol. The molecule has 0 aliphatic carbocycles. The Balaban J connectivity index is 2.14. The van der Waals surface area contributed by atoms with Crippen LogP contribution in [-0.2, 0) is 6.42 Å². The molecule has 22 heavy (non-hydrogen) atoms. The second-order valence-electron chi connectivity index (χ2n) is 5.37. The molecule has 1 aromatic heterocycles. The average Bonchev–Trinajstić information content (AvgIpc) is 2.92. The fourth-order valence-electron chi connectivity index (χ4n) is 3.03. The number of carbonyl (C=O) groups is 1. The van der Waals surface area contributed by atoms with Crippen molar-refractivity contribution in [3.63, 3.8) is 0 Å². The lowest BCUT2D eigenvalue weighted by Crippen LogP contribution is -2.05. The third kappa shape index (κ3) is 1.70. The molecule has 0 fully saturated rings. The van der Waals surface area contributed by atoms with Gasteiger partial charge in [0.2, 0.25) is 0 Å². The molecule has 108 valence electrons. The van der Waals surface area contributed by atoms with Crippen LogP contribution < -0.4 is 0 Å². The van der Waals surface area contributed by atoms with Gasteiger partial charge in [-0.25, -0.2) is 9.78 Å². The Kier molecular flexibility index (Phi) is 2.66. The lowest BCUT2D eigenvalue weighted by molar-refractivity contribution is 0.0695. The summed E-state index contributed by atoms with van der Waals surface area (Å²) in [7, 11) is 0. The second-order valence-corrected chi connectivity index (χ2v) is 5.37. The summed E-state index contributed by atoms with van der Waals surface area (Å²) in [6.45, 7) is 1.96. The first kappa shape index (κ1) is 12.8. The van der Waals surface area contributed by atoms with Gasteiger partial charge in [-0.15, -0.1) is 0 Å². The summed E-state index contributed by atoms with van der Waals surface area (Å²) < 4.78 is 1.96. The van der Waals surface area contributed by atoms with Crippen molar-refractivity contribution in [2.75, 3.05) is 0 Å². The van der Waals surface area contributed by atoms with E-state index in [0.717, 1.165) is 33.2 Å². The van der Waals surface area contributed by atoms with Crippen LogP contribution in [0.15, 0.2) is 48.8 Å². The van der Waals surface area contributed by atoms with Crippen molar-refractivity contribution in [2.45, 2.75) is 13.3 Å². The van der Waals surface area contributed by atoms with Gasteiger partial charge in [-0.3, -0.25) is 0 Å². The number of hydrogen-bond donors (Lipinski definition) is 1. The van der Waals surface area contributed by atoms with Crippen LogP contribution in [0.2, 0.25) is 0 Å². The predicted octanol–water partition coefficient (Wildman–Crippen LogP) is 3.85. The van der Waals surface area contributed by atoms with Crippen molar-refractivity contribution < 1.29 is 9.90 Å². The van der Waals surface area contributed by atoms with E-state index in [4.69, 9.17) is 0 Å². The number of benzene rings is 1. The second kappa shape index (κ2) is 4.56. The van der Waals surface area contributed by atoms with Crippen molar-refractivity contribution in [3.8, 4) is 11.3 Å². The summed E-state index contributed by atoms with van der Waals surface area (Å²) >= 11 is 0. The van der Waals surface area contributed by atoms with Gasteiger partial charge in [0, 0.05) is 23.3 Å². The lowest BCUT2D eigenvalue weighted by Gasteiger charge is -2.11. The van der Waals surface area contributed by atoms with Gasteiger partial charge in [0.05, 0.1) is 22.3 Å². The van der Waals surface area contributed by atoms with Gasteiger partial charge in [0.1, 0.15) is 0 Å². The molecule has 0 spiro atoms. The molecule has 4 heteroatoms. The van der Waals surface area contributed by atoms with Gasteiger partial charge in [0.25, 0.3) is 0 Å². The number of rotatable bonds is 2. The molecule has 0 saturated carbocycles. The number of carboxylic acids is 1. The molecule has 2 aliphatic heterocycles. The SMILES string of the molecule is CCc1cn2ccc3c4ccccc4nc-3c2cc1C(=O)O. The molecule has 0 amide bonds. The van der Waals surface area contributed by atoms with Crippen LogP contribution >= 0.6 is 0 Å². The van der Waals surface area contributed by atoms with E-state index >= 15 is 0 Å². The molecule has 0 radical (unpaired) electrons. The molecule has 4 nitrogen and oxygen atoms in total. The highest BCUT2D eigenvalue weighted by Crippen LogP contribution is 2.34. The fraction of sp³-hybridized carbons (Fsp3) is 0.111. The van der Waals surface area contributed by atoms with Crippen LogP contribution in [0, 0.1) is 0 Å². The molecular weight excluding hydrogens is 276 g/mol. The molecule has 0 saturated heterocycles. The van der Waals surface area contributed by atoms with Crippen LogP contribution in [-0.4, -0.2) is 20.5 Å². The first-order valence-corrected chi connectivity index (χ1v) is 7.24. The van der Waals surface area contributed by atoms with Gasteiger partial charge in [-0.05, 0) is 30.2 Å². The largest absolute Gasteiger partial charge is 0.478 e. The predicted molar refractivity (Wildman–Crippen MR) is 85.7 cm³/mol. The van der Waals surface area contributed by atoms with Crippen LogP contribution in [0.5, 0.6) is 0 Å². The van der Waals surface area contributed by atoms with E-state index in [2.05, 4.69) is 4.98 Å². The van der Waals surface area contributed by atoms with Gasteiger partial charge in [-0.1, -0.05) is 25.1 Å². The van der Waals surface area contributed by atoms with Gasteiger partial charge in [-0.2, -0.15) is 0 Å². The fourth-order valence-corrected chi connectivity index (χ4v) is 3.03. The molecule has 0 unspecified atom stereocenters. The number of carboxylic acid groups (broad SMARTS) is 1. The van der Waals surface area contributed by atoms with Crippen LogP contribution in [0.4, 0.5) is 0 Å². The number of fused-ring (bicyclic) bond motifs is 5. The zero-order valence-electron chi connectivity index (χ0n) is 12.1. The number of aryl methyl sites for hydroxylation is 1. The quantitative estimate of drug-likeness (QED) is 0.610. The molecule has 4 rings (SSSR count). The zero-order chi connectivity index (χ0) is 15.3. The third-order valence-electron chi connectivity index (χ3n) is 4.14. The maximum absolute atomic E-state index is 11.5. The Morgan fingerprint density at radius 2 is 2.09 bits per heavy atom. The average molecular weight is 290 g/mol. The Labute approximate surface area is 127 Å². The van der Waals surface area contributed by atoms with Crippen molar-refractivity contribution >= 4 is 22.4 Å². The highest BCUT2D eigenvalue weighted by atomic mass is 16.4. The van der Waals surface area contributed by atoms with E-state index < -0.39 is 5.97 Å². The van der Waals surface area contributed by atoms with Crippen LogP contribution in [0.3, 0.4) is 0 Å². The Morgan fingerprint density at radius 1 is 1.27 bits per heavy atom. The maximum Gasteiger partial charge on any atom is 0.336 e. The molecule has 1 aromatic carbocycles.